The fraction of sp³-hybridized carbons (Fsp3) is 0.161. The minimum atomic E-state index is -0.426. The number of esters is 1. The van der Waals surface area contributed by atoms with Crippen LogP contribution in [0.1, 0.15) is 45.9 Å². The Balaban J connectivity index is 1.33. The van der Waals surface area contributed by atoms with Gasteiger partial charge in [-0.05, 0) is 72.4 Å². The summed E-state index contributed by atoms with van der Waals surface area (Å²) in [6, 6.07) is 25.1. The standard InChI is InChI=1S/C31H25N3O4/c1-36-23-16-14-20(15-17-23)18-22-10-7-12-25-28(24-11-5-6-13-26(24)32-29(22)25)31(35)37-19-27-33-34-30(38-27)21-8-3-2-4-9-21/h2-6,8-9,11,13-18H,7,10,12,19H2,1H3/b22-18+. The van der Waals surface area contributed by atoms with Crippen molar-refractivity contribution in [2.24, 2.45) is 0 Å². The molecule has 2 heterocycles. The Morgan fingerprint density at radius 2 is 1.74 bits per heavy atom. The molecule has 188 valence electrons. The third-order valence-corrected chi connectivity index (χ3v) is 6.65. The van der Waals surface area contributed by atoms with E-state index in [1.54, 1.807) is 7.11 Å². The normalized spacial score (nSPS) is 13.9. The molecule has 0 bridgehead atoms. The highest BCUT2D eigenvalue weighted by atomic mass is 16.5. The zero-order valence-corrected chi connectivity index (χ0v) is 20.9. The minimum absolute atomic E-state index is 0.112. The molecule has 1 aliphatic carbocycles. The first-order valence-corrected chi connectivity index (χ1v) is 12.5. The molecule has 3 aromatic carbocycles. The summed E-state index contributed by atoms with van der Waals surface area (Å²) >= 11 is 0. The lowest BCUT2D eigenvalue weighted by atomic mass is 9.86. The highest BCUT2D eigenvalue weighted by Crippen LogP contribution is 2.36. The van der Waals surface area contributed by atoms with Gasteiger partial charge in [-0.1, -0.05) is 48.5 Å². The molecule has 0 fully saturated rings. The first kappa shape index (κ1) is 23.6. The summed E-state index contributed by atoms with van der Waals surface area (Å²) in [5.74, 6) is 1.01. The first-order chi connectivity index (χ1) is 18.7. The van der Waals surface area contributed by atoms with Crippen molar-refractivity contribution in [3.63, 3.8) is 0 Å². The van der Waals surface area contributed by atoms with Crippen LogP contribution < -0.4 is 4.74 Å². The van der Waals surface area contributed by atoms with Crippen LogP contribution in [0.25, 0.3) is 34.0 Å². The Kier molecular flexibility index (Phi) is 6.40. The summed E-state index contributed by atoms with van der Waals surface area (Å²) in [5, 5.41) is 8.92. The van der Waals surface area contributed by atoms with Crippen molar-refractivity contribution < 1.29 is 18.7 Å². The highest BCUT2D eigenvalue weighted by Gasteiger charge is 2.26. The molecule has 6 rings (SSSR count). The van der Waals surface area contributed by atoms with E-state index >= 15 is 0 Å². The van der Waals surface area contributed by atoms with Crippen molar-refractivity contribution in [1.82, 2.24) is 15.2 Å². The molecule has 7 nitrogen and oxygen atoms in total. The van der Waals surface area contributed by atoms with E-state index in [0.29, 0.717) is 11.5 Å². The smallest absolute Gasteiger partial charge is 0.339 e. The minimum Gasteiger partial charge on any atom is -0.497 e. The van der Waals surface area contributed by atoms with Crippen molar-refractivity contribution in [3.8, 4) is 17.2 Å². The number of hydrogen-bond donors (Lipinski definition) is 0. The van der Waals surface area contributed by atoms with E-state index in [0.717, 1.165) is 63.9 Å². The number of allylic oxidation sites excluding steroid dienone is 1. The Morgan fingerprint density at radius 1 is 0.947 bits per heavy atom. The van der Waals surface area contributed by atoms with Gasteiger partial charge in [0.1, 0.15) is 5.75 Å². The van der Waals surface area contributed by atoms with Gasteiger partial charge in [0.15, 0.2) is 6.61 Å². The van der Waals surface area contributed by atoms with Gasteiger partial charge in [-0.3, -0.25) is 0 Å². The molecule has 0 unspecified atom stereocenters. The number of pyridine rings is 1. The van der Waals surface area contributed by atoms with Gasteiger partial charge in [-0.2, -0.15) is 0 Å². The summed E-state index contributed by atoms with van der Waals surface area (Å²) in [6.07, 6.45) is 4.68. The number of aromatic nitrogens is 3. The number of ether oxygens (including phenoxy) is 2. The van der Waals surface area contributed by atoms with E-state index in [9.17, 15) is 4.79 Å². The zero-order valence-electron chi connectivity index (χ0n) is 20.9. The molecule has 0 saturated carbocycles. The number of hydrogen-bond acceptors (Lipinski definition) is 7. The first-order valence-electron chi connectivity index (χ1n) is 12.5. The van der Waals surface area contributed by atoms with Crippen LogP contribution in [-0.4, -0.2) is 28.3 Å². The average Bonchev–Trinajstić information content (AvgIpc) is 3.45. The van der Waals surface area contributed by atoms with Crippen LogP contribution in [0.2, 0.25) is 0 Å². The maximum absolute atomic E-state index is 13.5. The molecule has 7 heteroatoms. The SMILES string of the molecule is COc1ccc(/C=C2\CCCc3c2nc2ccccc2c3C(=O)OCc2nnc(-c3ccccc3)o2)cc1. The second-order valence-electron chi connectivity index (χ2n) is 9.07. The van der Waals surface area contributed by atoms with Gasteiger partial charge in [0, 0.05) is 10.9 Å². The molecular formula is C31H25N3O4. The second kappa shape index (κ2) is 10.3. The van der Waals surface area contributed by atoms with Gasteiger partial charge in [-0.15, -0.1) is 10.2 Å². The Bertz CT molecular complexity index is 1640. The second-order valence-corrected chi connectivity index (χ2v) is 9.07. The van der Waals surface area contributed by atoms with Crippen molar-refractivity contribution in [2.75, 3.05) is 7.11 Å². The quantitative estimate of drug-likeness (QED) is 0.244. The number of carbonyl (C=O) groups excluding carboxylic acids is 1. The molecule has 0 atom stereocenters. The highest BCUT2D eigenvalue weighted by molar-refractivity contribution is 6.06. The predicted octanol–water partition coefficient (Wildman–Crippen LogP) is 6.53. The van der Waals surface area contributed by atoms with Crippen LogP contribution in [0.5, 0.6) is 5.75 Å². The van der Waals surface area contributed by atoms with E-state index in [-0.39, 0.29) is 12.5 Å². The van der Waals surface area contributed by atoms with Crippen LogP contribution in [0.4, 0.5) is 0 Å². The van der Waals surface area contributed by atoms with Crippen LogP contribution in [0.3, 0.4) is 0 Å². The molecular weight excluding hydrogens is 478 g/mol. The third kappa shape index (κ3) is 4.66. The number of benzene rings is 3. The molecule has 0 amide bonds. The molecule has 0 spiro atoms. The number of para-hydroxylation sites is 1. The van der Waals surface area contributed by atoms with Crippen LogP contribution in [-0.2, 0) is 17.8 Å². The van der Waals surface area contributed by atoms with Gasteiger partial charge < -0.3 is 13.9 Å². The predicted molar refractivity (Wildman–Crippen MR) is 144 cm³/mol. The summed E-state index contributed by atoms with van der Waals surface area (Å²) in [5.41, 5.74) is 6.03. The number of nitrogens with zero attached hydrogens (tertiary/aromatic N) is 3. The van der Waals surface area contributed by atoms with Gasteiger partial charge in [0.25, 0.3) is 5.89 Å². The van der Waals surface area contributed by atoms with E-state index in [4.69, 9.17) is 18.9 Å². The number of methoxy groups -OCH3 is 1. The van der Waals surface area contributed by atoms with E-state index in [1.807, 2.05) is 78.9 Å². The lowest BCUT2D eigenvalue weighted by Crippen LogP contribution is -2.15. The lowest BCUT2D eigenvalue weighted by Gasteiger charge is -2.22. The van der Waals surface area contributed by atoms with Crippen molar-refractivity contribution >= 4 is 28.5 Å². The van der Waals surface area contributed by atoms with Gasteiger partial charge in [-0.25, -0.2) is 9.78 Å². The van der Waals surface area contributed by atoms with Crippen molar-refractivity contribution in [1.29, 1.82) is 0 Å². The molecule has 38 heavy (non-hydrogen) atoms. The van der Waals surface area contributed by atoms with E-state index in [1.165, 1.54) is 0 Å². The Hall–Kier alpha value is -4.78. The lowest BCUT2D eigenvalue weighted by molar-refractivity contribution is 0.0439. The molecule has 1 aliphatic rings. The van der Waals surface area contributed by atoms with Crippen LogP contribution in [0, 0.1) is 0 Å². The fourth-order valence-electron chi connectivity index (χ4n) is 4.82. The number of rotatable bonds is 6. The number of fused-ring (bicyclic) bond motifs is 2. The number of carbonyl (C=O) groups is 1. The van der Waals surface area contributed by atoms with Crippen molar-refractivity contribution in [3.05, 3.63) is 107 Å². The van der Waals surface area contributed by atoms with E-state index in [2.05, 4.69) is 16.3 Å². The monoisotopic (exact) mass is 503 g/mol. The maximum atomic E-state index is 13.5. The summed E-state index contributed by atoms with van der Waals surface area (Å²) in [6.45, 7) is -0.112. The molecule has 5 aromatic rings. The zero-order chi connectivity index (χ0) is 25.9. The average molecular weight is 504 g/mol. The Labute approximate surface area is 219 Å². The topological polar surface area (TPSA) is 87.3 Å². The molecule has 0 N–H and O–H groups in total. The molecule has 0 saturated heterocycles. The Morgan fingerprint density at radius 3 is 2.55 bits per heavy atom. The van der Waals surface area contributed by atoms with Gasteiger partial charge in [0.2, 0.25) is 5.89 Å². The maximum Gasteiger partial charge on any atom is 0.339 e. The summed E-state index contributed by atoms with van der Waals surface area (Å²) in [4.78, 5) is 18.5. The van der Waals surface area contributed by atoms with Crippen LogP contribution in [0.15, 0.2) is 83.3 Å². The summed E-state index contributed by atoms with van der Waals surface area (Å²) < 4.78 is 16.7. The molecule has 2 aromatic heterocycles. The summed E-state index contributed by atoms with van der Waals surface area (Å²) in [7, 11) is 1.65. The van der Waals surface area contributed by atoms with Crippen LogP contribution >= 0.6 is 0 Å². The van der Waals surface area contributed by atoms with Gasteiger partial charge >= 0.3 is 5.97 Å². The fourth-order valence-corrected chi connectivity index (χ4v) is 4.82. The van der Waals surface area contributed by atoms with E-state index < -0.39 is 5.97 Å². The molecule has 0 aliphatic heterocycles. The molecule has 0 radical (unpaired) electrons. The van der Waals surface area contributed by atoms with Gasteiger partial charge in [0.05, 0.1) is 23.9 Å². The van der Waals surface area contributed by atoms with Crippen molar-refractivity contribution in [2.45, 2.75) is 25.9 Å². The third-order valence-electron chi connectivity index (χ3n) is 6.65. The largest absolute Gasteiger partial charge is 0.497 e.